The van der Waals surface area contributed by atoms with Crippen molar-refractivity contribution >= 4 is 37.6 Å². The molecule has 112 valence electrons. The van der Waals surface area contributed by atoms with Crippen LogP contribution in [0.1, 0.15) is 11.1 Å². The third-order valence-electron chi connectivity index (χ3n) is 2.74. The Morgan fingerprint density at radius 2 is 1.81 bits per heavy atom. The lowest BCUT2D eigenvalue weighted by molar-refractivity contribution is 0.600. The Labute approximate surface area is 131 Å². The predicted octanol–water partition coefficient (Wildman–Crippen LogP) is 1.94. The van der Waals surface area contributed by atoms with Gasteiger partial charge in [0.2, 0.25) is 5.95 Å². The Morgan fingerprint density at radius 1 is 1.19 bits per heavy atom. The third-order valence-corrected chi connectivity index (χ3v) is 4.67. The number of anilines is 2. The van der Waals surface area contributed by atoms with Gasteiger partial charge in [0.15, 0.2) is 0 Å². The molecular weight excluding hydrogens is 358 g/mol. The normalized spacial score (nSPS) is 11.2. The number of aromatic nitrogens is 2. The summed E-state index contributed by atoms with van der Waals surface area (Å²) in [5.41, 5.74) is 4.57. The van der Waals surface area contributed by atoms with Gasteiger partial charge in [-0.1, -0.05) is 6.07 Å². The highest BCUT2D eigenvalue weighted by Gasteiger charge is 2.18. The van der Waals surface area contributed by atoms with Crippen molar-refractivity contribution in [2.45, 2.75) is 18.7 Å². The molecule has 1 aromatic heterocycles. The van der Waals surface area contributed by atoms with E-state index in [1.54, 1.807) is 0 Å². The second kappa shape index (κ2) is 5.96. The van der Waals surface area contributed by atoms with Crippen molar-refractivity contribution in [3.8, 4) is 0 Å². The number of hydrogen-bond donors (Lipinski definition) is 3. The third kappa shape index (κ3) is 3.49. The highest BCUT2D eigenvalue weighted by Crippen LogP contribution is 2.29. The summed E-state index contributed by atoms with van der Waals surface area (Å²) in [5, 5.41) is 0. The van der Waals surface area contributed by atoms with E-state index in [1.165, 1.54) is 12.4 Å². The number of aryl methyl sites for hydroxylation is 2. The molecule has 7 nitrogen and oxygen atoms in total. The van der Waals surface area contributed by atoms with Crippen LogP contribution >= 0.6 is 15.9 Å². The van der Waals surface area contributed by atoms with Gasteiger partial charge in [-0.05, 0) is 47.0 Å². The maximum absolute atomic E-state index is 12.3. The fourth-order valence-corrected chi connectivity index (χ4v) is 3.71. The minimum absolute atomic E-state index is 0.0478. The molecule has 2 aromatic rings. The van der Waals surface area contributed by atoms with Crippen molar-refractivity contribution in [1.29, 1.82) is 0 Å². The van der Waals surface area contributed by atoms with Crippen LogP contribution in [0.5, 0.6) is 0 Å². The van der Waals surface area contributed by atoms with Crippen LogP contribution < -0.4 is 16.0 Å². The van der Waals surface area contributed by atoms with Crippen molar-refractivity contribution in [2.75, 3.05) is 10.1 Å². The SMILES string of the molecule is Cc1cc(C)c(NS(=O)(=O)c2cnc(NN)nc2)c(Br)c1. The van der Waals surface area contributed by atoms with Crippen LogP contribution in [-0.2, 0) is 10.0 Å². The number of sulfonamides is 1. The zero-order valence-corrected chi connectivity index (χ0v) is 13.8. The molecule has 0 saturated carbocycles. The molecule has 0 radical (unpaired) electrons. The van der Waals surface area contributed by atoms with Crippen LogP contribution in [0.15, 0.2) is 33.9 Å². The molecule has 0 atom stereocenters. The van der Waals surface area contributed by atoms with Gasteiger partial charge in [-0.15, -0.1) is 0 Å². The lowest BCUT2D eigenvalue weighted by atomic mass is 10.1. The van der Waals surface area contributed by atoms with Crippen LogP contribution in [0, 0.1) is 13.8 Å². The molecule has 0 fully saturated rings. The molecule has 9 heteroatoms. The minimum Gasteiger partial charge on any atom is -0.292 e. The number of nitrogens with zero attached hydrogens (tertiary/aromatic N) is 2. The summed E-state index contributed by atoms with van der Waals surface area (Å²) >= 11 is 3.36. The summed E-state index contributed by atoms with van der Waals surface area (Å²) in [6.07, 6.45) is 2.36. The molecule has 21 heavy (non-hydrogen) atoms. The van der Waals surface area contributed by atoms with Gasteiger partial charge in [-0.2, -0.15) is 0 Å². The first kappa shape index (κ1) is 15.7. The van der Waals surface area contributed by atoms with E-state index in [0.29, 0.717) is 10.2 Å². The summed E-state index contributed by atoms with van der Waals surface area (Å²) in [5.74, 6) is 5.28. The first-order chi connectivity index (χ1) is 9.83. The molecule has 0 amide bonds. The van der Waals surface area contributed by atoms with E-state index in [4.69, 9.17) is 5.84 Å². The van der Waals surface area contributed by atoms with Gasteiger partial charge >= 0.3 is 0 Å². The molecule has 1 heterocycles. The molecule has 0 bridgehead atoms. The molecule has 4 N–H and O–H groups in total. The number of hydrogen-bond acceptors (Lipinski definition) is 6. The highest BCUT2D eigenvalue weighted by atomic mass is 79.9. The van der Waals surface area contributed by atoms with Gasteiger partial charge in [0.25, 0.3) is 10.0 Å². The minimum atomic E-state index is -3.77. The van der Waals surface area contributed by atoms with Crippen molar-refractivity contribution in [1.82, 2.24) is 9.97 Å². The van der Waals surface area contributed by atoms with Crippen molar-refractivity contribution in [2.24, 2.45) is 5.84 Å². The Bertz CT molecular complexity index is 739. The summed E-state index contributed by atoms with van der Waals surface area (Å²) in [4.78, 5) is 7.52. The molecule has 0 saturated heterocycles. The number of nitrogens with two attached hydrogens (primary N) is 1. The lowest BCUT2D eigenvalue weighted by Gasteiger charge is -2.13. The number of halogens is 1. The van der Waals surface area contributed by atoms with E-state index < -0.39 is 10.0 Å². The van der Waals surface area contributed by atoms with Gasteiger partial charge in [-0.3, -0.25) is 10.1 Å². The van der Waals surface area contributed by atoms with E-state index in [2.05, 4.69) is 36.0 Å². The first-order valence-corrected chi connectivity index (χ1v) is 8.19. The van der Waals surface area contributed by atoms with Crippen molar-refractivity contribution in [3.63, 3.8) is 0 Å². The lowest BCUT2D eigenvalue weighted by Crippen LogP contribution is -2.16. The van der Waals surface area contributed by atoms with Gasteiger partial charge in [0.05, 0.1) is 18.1 Å². The molecule has 0 aliphatic heterocycles. The van der Waals surface area contributed by atoms with E-state index in [9.17, 15) is 8.42 Å². The second-order valence-electron chi connectivity index (χ2n) is 4.43. The largest absolute Gasteiger partial charge is 0.292 e. The topological polar surface area (TPSA) is 110 Å². The Hall–Kier alpha value is -1.71. The second-order valence-corrected chi connectivity index (χ2v) is 6.97. The molecule has 0 unspecified atom stereocenters. The highest BCUT2D eigenvalue weighted by molar-refractivity contribution is 9.10. The molecule has 2 rings (SSSR count). The van der Waals surface area contributed by atoms with Gasteiger partial charge < -0.3 is 0 Å². The number of benzene rings is 1. The first-order valence-electron chi connectivity index (χ1n) is 5.91. The smallest absolute Gasteiger partial charge is 0.265 e. The molecule has 1 aromatic carbocycles. The Kier molecular flexibility index (Phi) is 4.45. The predicted molar refractivity (Wildman–Crippen MR) is 84.3 cm³/mol. The fraction of sp³-hybridized carbons (Fsp3) is 0.167. The molecular formula is C12H14BrN5O2S. The van der Waals surface area contributed by atoms with E-state index in [0.717, 1.165) is 11.1 Å². The molecule has 0 aliphatic rings. The quantitative estimate of drug-likeness (QED) is 0.559. The van der Waals surface area contributed by atoms with Crippen LogP contribution in [0.3, 0.4) is 0 Å². The summed E-state index contributed by atoms with van der Waals surface area (Å²) < 4.78 is 27.9. The molecule has 0 aliphatic carbocycles. The number of hydrazine groups is 1. The van der Waals surface area contributed by atoms with Gasteiger partial charge in [0.1, 0.15) is 4.90 Å². The zero-order valence-electron chi connectivity index (χ0n) is 11.4. The van der Waals surface area contributed by atoms with E-state index in [1.807, 2.05) is 26.0 Å². The van der Waals surface area contributed by atoms with Crippen molar-refractivity contribution in [3.05, 3.63) is 40.1 Å². The van der Waals surface area contributed by atoms with Crippen LogP contribution in [0.2, 0.25) is 0 Å². The number of rotatable bonds is 4. The average molecular weight is 372 g/mol. The Balaban J connectivity index is 2.37. The average Bonchev–Trinajstić information content (AvgIpc) is 2.43. The summed E-state index contributed by atoms with van der Waals surface area (Å²) in [7, 11) is -3.77. The standard InChI is InChI=1S/C12H14BrN5O2S/c1-7-3-8(2)11(10(13)4-7)18-21(19,20)9-5-15-12(17-14)16-6-9/h3-6,18H,14H2,1-2H3,(H,15,16,17). The van der Waals surface area contributed by atoms with Crippen LogP contribution in [0.25, 0.3) is 0 Å². The van der Waals surface area contributed by atoms with Crippen LogP contribution in [0.4, 0.5) is 11.6 Å². The number of nitrogens with one attached hydrogen (secondary N) is 2. The molecule has 0 spiro atoms. The maximum Gasteiger partial charge on any atom is 0.265 e. The fourth-order valence-electron chi connectivity index (χ4n) is 1.77. The van der Waals surface area contributed by atoms with Gasteiger partial charge in [-0.25, -0.2) is 24.2 Å². The van der Waals surface area contributed by atoms with E-state index >= 15 is 0 Å². The Morgan fingerprint density at radius 3 is 2.33 bits per heavy atom. The van der Waals surface area contributed by atoms with Gasteiger partial charge in [0, 0.05) is 4.47 Å². The zero-order chi connectivity index (χ0) is 15.6. The maximum atomic E-state index is 12.3. The van der Waals surface area contributed by atoms with Crippen LogP contribution in [-0.4, -0.2) is 18.4 Å². The summed E-state index contributed by atoms with van der Waals surface area (Å²) in [6.45, 7) is 3.76. The summed E-state index contributed by atoms with van der Waals surface area (Å²) in [6, 6.07) is 3.73. The van der Waals surface area contributed by atoms with Crippen molar-refractivity contribution < 1.29 is 8.42 Å². The monoisotopic (exact) mass is 371 g/mol. The van der Waals surface area contributed by atoms with E-state index in [-0.39, 0.29) is 10.8 Å². The number of nitrogen functional groups attached to an aromatic ring is 1.